The summed E-state index contributed by atoms with van der Waals surface area (Å²) in [6.45, 7) is 2.34. The van der Waals surface area contributed by atoms with Crippen LogP contribution in [-0.4, -0.2) is 0 Å². The second-order valence-electron chi connectivity index (χ2n) is 4.29. The minimum absolute atomic E-state index is 0.0870. The summed E-state index contributed by atoms with van der Waals surface area (Å²) in [6.07, 6.45) is 0. The van der Waals surface area contributed by atoms with Crippen LogP contribution in [0.15, 0.2) is 46.9 Å². The lowest BCUT2D eigenvalue weighted by molar-refractivity contribution is 0.612. The predicted octanol–water partition coefficient (Wildman–Crippen LogP) is 5.50. The third kappa shape index (κ3) is 3.71. The van der Waals surface area contributed by atoms with Gasteiger partial charge in [-0.1, -0.05) is 34.1 Å². The topological polar surface area (TPSA) is 12.0 Å². The van der Waals surface area contributed by atoms with Crippen molar-refractivity contribution in [1.29, 1.82) is 0 Å². The van der Waals surface area contributed by atoms with Gasteiger partial charge in [0.2, 0.25) is 0 Å². The highest BCUT2D eigenvalue weighted by Crippen LogP contribution is 2.27. The average Bonchev–Trinajstić information content (AvgIpc) is 2.40. The highest BCUT2D eigenvalue weighted by atomic mass is 79.9. The van der Waals surface area contributed by atoms with E-state index in [1.165, 1.54) is 6.07 Å². The maximum absolute atomic E-state index is 13.6. The second-order valence-corrected chi connectivity index (χ2v) is 5.86. The number of rotatable bonds is 4. The minimum Gasteiger partial charge on any atom is -0.381 e. The van der Waals surface area contributed by atoms with E-state index < -0.39 is 0 Å². The van der Waals surface area contributed by atoms with Gasteiger partial charge in [-0.25, -0.2) is 4.39 Å². The van der Waals surface area contributed by atoms with Gasteiger partial charge < -0.3 is 5.32 Å². The van der Waals surface area contributed by atoms with E-state index in [1.54, 1.807) is 12.1 Å². The van der Waals surface area contributed by atoms with E-state index in [4.69, 9.17) is 11.6 Å². The Hall–Kier alpha value is -1.06. The average molecular weight is 343 g/mol. The Morgan fingerprint density at radius 3 is 2.74 bits per heavy atom. The van der Waals surface area contributed by atoms with Crippen LogP contribution < -0.4 is 5.32 Å². The molecule has 0 aliphatic rings. The lowest BCUT2D eigenvalue weighted by Gasteiger charge is -2.14. The molecule has 0 radical (unpaired) electrons. The van der Waals surface area contributed by atoms with Gasteiger partial charge in [-0.05, 0) is 36.8 Å². The smallest absolute Gasteiger partial charge is 0.128 e. The van der Waals surface area contributed by atoms with Gasteiger partial charge in [0, 0.05) is 22.3 Å². The van der Waals surface area contributed by atoms with E-state index in [0.29, 0.717) is 12.1 Å². The van der Waals surface area contributed by atoms with E-state index >= 15 is 0 Å². The summed E-state index contributed by atoms with van der Waals surface area (Å²) in [5, 5.41) is 3.15. The molecule has 0 aromatic heterocycles. The van der Waals surface area contributed by atoms with Gasteiger partial charge in [-0.15, -0.1) is 11.6 Å². The number of halogens is 3. The summed E-state index contributed by atoms with van der Waals surface area (Å²) in [5.41, 5.74) is 2.57. The predicted molar refractivity (Wildman–Crippen MR) is 82.1 cm³/mol. The number of para-hydroxylation sites is 1. The third-order valence-corrected chi connectivity index (χ3v) is 3.59. The molecule has 100 valence electrons. The van der Waals surface area contributed by atoms with Crippen LogP contribution in [0.4, 0.5) is 10.1 Å². The normalized spacial score (nSPS) is 12.2. The van der Waals surface area contributed by atoms with E-state index in [2.05, 4.69) is 21.2 Å². The van der Waals surface area contributed by atoms with Crippen molar-refractivity contribution >= 4 is 33.2 Å². The number of alkyl halides is 1. The van der Waals surface area contributed by atoms with Crippen molar-refractivity contribution < 1.29 is 4.39 Å². The first-order valence-electron chi connectivity index (χ1n) is 5.98. The van der Waals surface area contributed by atoms with Crippen molar-refractivity contribution in [3.05, 3.63) is 63.9 Å². The Morgan fingerprint density at radius 1 is 1.26 bits per heavy atom. The van der Waals surface area contributed by atoms with E-state index in [9.17, 15) is 4.39 Å². The Balaban J connectivity index is 2.17. The highest BCUT2D eigenvalue weighted by molar-refractivity contribution is 9.10. The Kier molecular flexibility index (Phi) is 4.83. The molecular weight excluding hydrogens is 329 g/mol. The summed E-state index contributed by atoms with van der Waals surface area (Å²) in [6, 6.07) is 12.7. The lowest BCUT2D eigenvalue weighted by Crippen LogP contribution is -2.04. The number of nitrogens with one attached hydrogen (secondary N) is 1. The fourth-order valence-electron chi connectivity index (χ4n) is 1.87. The zero-order valence-electron chi connectivity index (χ0n) is 10.5. The number of hydrogen-bond acceptors (Lipinski definition) is 1. The fourth-order valence-corrected chi connectivity index (χ4v) is 2.47. The quantitative estimate of drug-likeness (QED) is 0.723. The van der Waals surface area contributed by atoms with Crippen LogP contribution >= 0.6 is 27.5 Å². The SMILES string of the molecule is CC(Cl)c1ccccc1NCc1cc(Br)ccc1F. The molecule has 2 rings (SSSR count). The van der Waals surface area contributed by atoms with Gasteiger partial charge in [-0.3, -0.25) is 0 Å². The molecular formula is C15H14BrClFN. The first-order chi connectivity index (χ1) is 9.08. The van der Waals surface area contributed by atoms with E-state index in [0.717, 1.165) is 15.7 Å². The van der Waals surface area contributed by atoms with Crippen LogP contribution in [-0.2, 0) is 6.54 Å². The molecule has 1 nitrogen and oxygen atoms in total. The van der Waals surface area contributed by atoms with Gasteiger partial charge in [-0.2, -0.15) is 0 Å². The van der Waals surface area contributed by atoms with Gasteiger partial charge in [0.15, 0.2) is 0 Å². The molecule has 0 amide bonds. The van der Waals surface area contributed by atoms with Crippen LogP contribution in [0, 0.1) is 5.82 Å². The Morgan fingerprint density at radius 2 is 2.00 bits per heavy atom. The first-order valence-corrected chi connectivity index (χ1v) is 7.21. The molecule has 0 saturated carbocycles. The number of anilines is 1. The molecule has 1 N–H and O–H groups in total. The summed E-state index contributed by atoms with van der Waals surface area (Å²) < 4.78 is 14.5. The van der Waals surface area contributed by atoms with Crippen molar-refractivity contribution in [2.75, 3.05) is 5.32 Å². The molecule has 19 heavy (non-hydrogen) atoms. The zero-order valence-corrected chi connectivity index (χ0v) is 12.8. The van der Waals surface area contributed by atoms with Crippen LogP contribution in [0.3, 0.4) is 0 Å². The molecule has 0 bridgehead atoms. The van der Waals surface area contributed by atoms with Crippen molar-refractivity contribution in [2.45, 2.75) is 18.8 Å². The largest absolute Gasteiger partial charge is 0.381 e. The van der Waals surface area contributed by atoms with Crippen molar-refractivity contribution in [1.82, 2.24) is 0 Å². The molecule has 2 aromatic rings. The molecule has 4 heteroatoms. The standard InChI is InChI=1S/C15H14BrClFN/c1-10(17)13-4-2-3-5-15(13)19-9-11-8-12(16)6-7-14(11)18/h2-8,10,19H,9H2,1H3. The molecule has 0 spiro atoms. The van der Waals surface area contributed by atoms with Crippen molar-refractivity contribution in [3.63, 3.8) is 0 Å². The van der Waals surface area contributed by atoms with Gasteiger partial charge in [0.05, 0.1) is 5.38 Å². The lowest BCUT2D eigenvalue weighted by atomic mass is 10.1. The van der Waals surface area contributed by atoms with Gasteiger partial charge in [0.1, 0.15) is 5.82 Å². The van der Waals surface area contributed by atoms with Gasteiger partial charge >= 0.3 is 0 Å². The van der Waals surface area contributed by atoms with Crippen LogP contribution in [0.25, 0.3) is 0 Å². The monoisotopic (exact) mass is 341 g/mol. The first kappa shape index (κ1) is 14.4. The third-order valence-electron chi connectivity index (χ3n) is 2.87. The summed E-state index contributed by atoms with van der Waals surface area (Å²) >= 11 is 9.47. The molecule has 0 saturated heterocycles. The van der Waals surface area contributed by atoms with Crippen LogP contribution in [0.1, 0.15) is 23.4 Å². The van der Waals surface area contributed by atoms with E-state index in [1.807, 2.05) is 31.2 Å². The highest BCUT2D eigenvalue weighted by Gasteiger charge is 2.08. The zero-order chi connectivity index (χ0) is 13.8. The van der Waals surface area contributed by atoms with Crippen molar-refractivity contribution in [2.24, 2.45) is 0 Å². The molecule has 0 fully saturated rings. The second kappa shape index (κ2) is 6.40. The van der Waals surface area contributed by atoms with Crippen LogP contribution in [0.5, 0.6) is 0 Å². The molecule has 0 aliphatic heterocycles. The maximum atomic E-state index is 13.6. The Bertz CT molecular complexity index is 572. The van der Waals surface area contributed by atoms with Crippen LogP contribution in [0.2, 0.25) is 0 Å². The minimum atomic E-state index is -0.216. The molecule has 1 atom stereocenters. The van der Waals surface area contributed by atoms with E-state index in [-0.39, 0.29) is 11.2 Å². The molecule has 1 unspecified atom stereocenters. The number of benzene rings is 2. The van der Waals surface area contributed by atoms with Gasteiger partial charge in [0.25, 0.3) is 0 Å². The molecule has 0 aliphatic carbocycles. The van der Waals surface area contributed by atoms with Crippen molar-refractivity contribution in [3.8, 4) is 0 Å². The Labute approximate surface area is 125 Å². The summed E-state index contributed by atoms with van der Waals surface area (Å²) in [7, 11) is 0. The summed E-state index contributed by atoms with van der Waals surface area (Å²) in [5.74, 6) is -0.216. The summed E-state index contributed by atoms with van der Waals surface area (Å²) in [4.78, 5) is 0. The fraction of sp³-hybridized carbons (Fsp3) is 0.200. The molecule has 0 heterocycles. The maximum Gasteiger partial charge on any atom is 0.128 e. The molecule has 2 aromatic carbocycles. The number of hydrogen-bond donors (Lipinski definition) is 1.